The molecule has 0 aliphatic carbocycles. The van der Waals surface area contributed by atoms with Crippen LogP contribution in [0.25, 0.3) is 0 Å². The zero-order valence-corrected chi connectivity index (χ0v) is 24.1. The summed E-state index contributed by atoms with van der Waals surface area (Å²) in [6.07, 6.45) is 1.93. The second-order valence-electron chi connectivity index (χ2n) is 12.6. The van der Waals surface area contributed by atoms with Crippen LogP contribution >= 0.6 is 0 Å². The van der Waals surface area contributed by atoms with Crippen molar-refractivity contribution in [1.29, 1.82) is 0 Å². The van der Waals surface area contributed by atoms with E-state index in [-0.39, 0.29) is 54.2 Å². The van der Waals surface area contributed by atoms with Crippen LogP contribution in [0.15, 0.2) is 11.9 Å². The molecule has 2 bridgehead atoms. The average molecular weight is 564 g/mol. The molecule has 0 aromatic heterocycles. The number of hydrogen-bond acceptors (Lipinski definition) is 9. The number of carbonyl (C=O) groups excluding carboxylic acids is 2. The van der Waals surface area contributed by atoms with Crippen molar-refractivity contribution < 1.29 is 18.7 Å². The molecule has 0 aromatic carbocycles. The van der Waals surface area contributed by atoms with Crippen molar-refractivity contribution >= 4 is 11.9 Å². The van der Waals surface area contributed by atoms with Gasteiger partial charge in [-0.1, -0.05) is 13.8 Å². The summed E-state index contributed by atoms with van der Waals surface area (Å²) in [7, 11) is 0. The smallest absolute Gasteiger partial charge is 0.320 e. The summed E-state index contributed by atoms with van der Waals surface area (Å²) < 4.78 is 22.8. The van der Waals surface area contributed by atoms with E-state index in [4.69, 9.17) is 4.74 Å². The molecule has 8 unspecified atom stereocenters. The molecule has 0 saturated carbocycles. The van der Waals surface area contributed by atoms with Crippen LogP contribution in [-0.4, -0.2) is 113 Å². The van der Waals surface area contributed by atoms with Crippen LogP contribution in [0.1, 0.15) is 53.4 Å². The maximum atomic E-state index is 16.2. The average Bonchev–Trinajstić information content (AvgIpc) is 3.38. The lowest BCUT2D eigenvalue weighted by Crippen LogP contribution is -2.81. The van der Waals surface area contributed by atoms with Crippen LogP contribution in [0.5, 0.6) is 0 Å². The third-order valence-corrected chi connectivity index (χ3v) is 9.80. The number of halogens is 1. The van der Waals surface area contributed by atoms with Gasteiger partial charge in [0.05, 0.1) is 30.2 Å². The Labute approximate surface area is 236 Å². The molecule has 6 rings (SSSR count). The number of hydrazine groups is 2. The number of piperazine rings is 1. The van der Waals surface area contributed by atoms with Crippen LogP contribution in [0, 0.1) is 11.8 Å². The minimum Gasteiger partial charge on any atom is -0.376 e. The van der Waals surface area contributed by atoms with E-state index in [0.29, 0.717) is 32.7 Å². The van der Waals surface area contributed by atoms with E-state index >= 15 is 4.39 Å². The van der Waals surface area contributed by atoms with Crippen molar-refractivity contribution in [2.45, 2.75) is 102 Å². The normalized spacial score (nSPS) is 40.8. The Morgan fingerprint density at radius 1 is 1.20 bits per heavy atom. The molecule has 13 heteroatoms. The molecular weight excluding hydrogens is 517 g/mol. The summed E-state index contributed by atoms with van der Waals surface area (Å²) >= 11 is 0. The number of ether oxygens (including phenoxy) is 1. The van der Waals surface area contributed by atoms with Crippen LogP contribution in [-0.2, 0) is 9.53 Å². The molecule has 12 nitrogen and oxygen atoms in total. The molecule has 0 spiro atoms. The number of nitrogens with one attached hydrogen (secondary N) is 5. The molecule has 3 amide bonds. The zero-order valence-electron chi connectivity index (χ0n) is 24.1. The highest BCUT2D eigenvalue weighted by atomic mass is 19.1. The van der Waals surface area contributed by atoms with E-state index in [9.17, 15) is 9.59 Å². The maximum absolute atomic E-state index is 16.2. The van der Waals surface area contributed by atoms with Gasteiger partial charge in [-0.05, 0) is 45.1 Å². The van der Waals surface area contributed by atoms with Gasteiger partial charge in [0, 0.05) is 57.4 Å². The zero-order chi connectivity index (χ0) is 28.1. The van der Waals surface area contributed by atoms with Crippen molar-refractivity contribution in [2.75, 3.05) is 32.8 Å². The highest BCUT2D eigenvalue weighted by Gasteiger charge is 2.56. The molecule has 40 heavy (non-hydrogen) atoms. The molecular formula is C27H46FN9O3. The minimum absolute atomic E-state index is 0.0337. The van der Waals surface area contributed by atoms with Gasteiger partial charge in [0.1, 0.15) is 12.3 Å². The number of urea groups is 1. The van der Waals surface area contributed by atoms with Gasteiger partial charge in [-0.2, -0.15) is 0 Å². The first-order valence-corrected chi connectivity index (χ1v) is 15.1. The topological polar surface area (TPSA) is 116 Å². The molecule has 0 aromatic rings. The summed E-state index contributed by atoms with van der Waals surface area (Å²) in [5.41, 5.74) is 7.15. The summed E-state index contributed by atoms with van der Waals surface area (Å²) in [6, 6.07) is -0.263. The molecule has 6 aliphatic heterocycles. The first kappa shape index (κ1) is 28.0. The second-order valence-corrected chi connectivity index (χ2v) is 12.6. The van der Waals surface area contributed by atoms with Crippen molar-refractivity contribution in [2.24, 2.45) is 11.8 Å². The highest BCUT2D eigenvalue weighted by Crippen LogP contribution is 2.39. The van der Waals surface area contributed by atoms with Crippen molar-refractivity contribution in [3.63, 3.8) is 0 Å². The lowest BCUT2D eigenvalue weighted by atomic mass is 9.81. The molecule has 5 N–H and O–H groups in total. The van der Waals surface area contributed by atoms with Gasteiger partial charge < -0.3 is 30.6 Å². The summed E-state index contributed by atoms with van der Waals surface area (Å²) in [5, 5.41) is 12.5. The van der Waals surface area contributed by atoms with Crippen LogP contribution in [0.4, 0.5) is 9.18 Å². The molecule has 5 fully saturated rings. The number of piperidine rings is 2. The maximum Gasteiger partial charge on any atom is 0.320 e. The third-order valence-electron chi connectivity index (χ3n) is 9.80. The van der Waals surface area contributed by atoms with E-state index in [1.807, 2.05) is 21.0 Å². The quantitative estimate of drug-likeness (QED) is 0.322. The van der Waals surface area contributed by atoms with Gasteiger partial charge in [-0.25, -0.2) is 9.18 Å². The number of hydrogen-bond donors (Lipinski definition) is 5. The monoisotopic (exact) mass is 563 g/mol. The van der Waals surface area contributed by atoms with Crippen LogP contribution in [0.2, 0.25) is 0 Å². The van der Waals surface area contributed by atoms with E-state index < -0.39 is 18.5 Å². The first-order chi connectivity index (χ1) is 19.2. The third kappa shape index (κ3) is 4.93. The predicted molar refractivity (Wildman–Crippen MR) is 146 cm³/mol. The Morgan fingerprint density at radius 3 is 2.77 bits per heavy atom. The number of allylic oxidation sites excluding steroid dienone is 1. The Morgan fingerprint density at radius 2 is 2.02 bits per heavy atom. The van der Waals surface area contributed by atoms with Gasteiger partial charge in [0.15, 0.2) is 0 Å². The molecule has 9 atom stereocenters. The predicted octanol–water partition coefficient (Wildman–Crippen LogP) is 0.222. The second kappa shape index (κ2) is 11.2. The molecule has 6 heterocycles. The standard InChI is InChI=1S/C27H46FN9O3/c1-15(2)22-23-21(7-8-29-22)40-11-5-6-18-13-30-33-37(18)26-20(28)12-19-24(32-27(39)36(23)25(19)31-26)35-10-9-34(17(4)38)14-16(35)3/h13,15-16,19-26,29-31,33H,5-12,14H2,1-4H3,(H,32,39)/t16-,19?,20?,21?,22?,23?,24?,25?,26?/m0/s1. The van der Waals surface area contributed by atoms with Crippen molar-refractivity contribution in [1.82, 2.24) is 46.6 Å². The summed E-state index contributed by atoms with van der Waals surface area (Å²) in [5.74, 6) is 0.138. The number of amides is 3. The van der Waals surface area contributed by atoms with Gasteiger partial charge >= 0.3 is 6.03 Å². The fraction of sp³-hybridized carbons (Fsp3) is 0.852. The van der Waals surface area contributed by atoms with Gasteiger partial charge in [0.25, 0.3) is 0 Å². The largest absolute Gasteiger partial charge is 0.376 e. The molecule has 5 saturated heterocycles. The Bertz CT molecular complexity index is 1000. The van der Waals surface area contributed by atoms with Crippen LogP contribution in [0.3, 0.4) is 0 Å². The van der Waals surface area contributed by atoms with E-state index in [1.54, 1.807) is 6.92 Å². The number of nitrogens with zero attached hydrogens (tertiary/aromatic N) is 4. The van der Waals surface area contributed by atoms with Gasteiger partial charge in [-0.15, -0.1) is 5.53 Å². The molecule has 0 radical (unpaired) electrons. The number of alkyl halides is 1. The number of carbonyl (C=O) groups is 2. The fourth-order valence-electron chi connectivity index (χ4n) is 7.83. The van der Waals surface area contributed by atoms with E-state index in [1.165, 1.54) is 0 Å². The summed E-state index contributed by atoms with van der Waals surface area (Å²) in [4.78, 5) is 32.4. The van der Waals surface area contributed by atoms with Gasteiger partial charge in [0.2, 0.25) is 5.91 Å². The molecule has 224 valence electrons. The lowest BCUT2D eigenvalue weighted by molar-refractivity contribution is -0.137. The van der Waals surface area contributed by atoms with E-state index in [2.05, 4.69) is 52.6 Å². The highest BCUT2D eigenvalue weighted by molar-refractivity contribution is 5.77. The van der Waals surface area contributed by atoms with E-state index in [0.717, 1.165) is 31.5 Å². The van der Waals surface area contributed by atoms with Crippen LogP contribution < -0.4 is 26.9 Å². The first-order valence-electron chi connectivity index (χ1n) is 15.1. The molecule has 6 aliphatic rings. The minimum atomic E-state index is -1.16. The Kier molecular flexibility index (Phi) is 7.85. The van der Waals surface area contributed by atoms with Crippen molar-refractivity contribution in [3.8, 4) is 0 Å². The fourth-order valence-corrected chi connectivity index (χ4v) is 7.83. The van der Waals surface area contributed by atoms with Gasteiger partial charge in [-0.3, -0.25) is 20.0 Å². The SMILES string of the molecule is CC(=O)N1CCN(C2NC(=O)N3C4NC(C(F)CC42)N2NNC=C2CCCOC2CCNC(C(C)C)C23)[C@@H](C)C1. The Hall–Kier alpha value is -2.19. The lowest BCUT2D eigenvalue weighted by Gasteiger charge is -2.59. The number of rotatable bonds is 2. The Balaban J connectivity index is 1.37. The van der Waals surface area contributed by atoms with Crippen molar-refractivity contribution in [3.05, 3.63) is 11.9 Å². The summed E-state index contributed by atoms with van der Waals surface area (Å²) in [6.45, 7) is 11.3. The number of fused-ring (bicyclic) bond motifs is 5.